The van der Waals surface area contributed by atoms with Gasteiger partial charge in [-0.25, -0.2) is 0 Å². The van der Waals surface area contributed by atoms with E-state index < -0.39 is 0 Å². The number of hydrogen-bond acceptors (Lipinski definition) is 2. The monoisotopic (exact) mass is 400 g/mol. The molecule has 30 heavy (non-hydrogen) atoms. The molecule has 2 aromatic carbocycles. The summed E-state index contributed by atoms with van der Waals surface area (Å²) in [5.74, 6) is 7.44. The highest BCUT2D eigenvalue weighted by atomic mass is 14.7. The Bertz CT molecular complexity index is 921. The quantitative estimate of drug-likeness (QED) is 0.469. The van der Waals surface area contributed by atoms with Crippen molar-refractivity contribution in [2.24, 2.45) is 11.7 Å². The molecule has 2 heteroatoms. The maximum absolute atomic E-state index is 5.59. The third-order valence-corrected chi connectivity index (χ3v) is 5.11. The molecule has 2 nitrogen and oxygen atoms in total. The lowest BCUT2D eigenvalue weighted by Gasteiger charge is -2.01. The van der Waals surface area contributed by atoms with Crippen LogP contribution >= 0.6 is 0 Å². The number of para-hydroxylation sites is 1. The van der Waals surface area contributed by atoms with Gasteiger partial charge in [0.2, 0.25) is 0 Å². The molecule has 0 bridgehead atoms. The van der Waals surface area contributed by atoms with Crippen LogP contribution in [0.1, 0.15) is 69.1 Å². The molecule has 0 radical (unpaired) electrons. The van der Waals surface area contributed by atoms with E-state index in [1.807, 2.05) is 30.3 Å². The summed E-state index contributed by atoms with van der Waals surface area (Å²) in [7, 11) is 0. The molecular formula is C28H36N2. The third kappa shape index (κ3) is 8.01. The van der Waals surface area contributed by atoms with Crippen molar-refractivity contribution in [3.63, 3.8) is 0 Å². The Morgan fingerprint density at radius 3 is 2.30 bits per heavy atom. The maximum Gasteiger partial charge on any atom is 0.0705 e. The fourth-order valence-electron chi connectivity index (χ4n) is 3.48. The molecule has 1 aliphatic rings. The number of rotatable bonds is 2. The number of aromatic nitrogens is 1. The number of fused-ring (bicyclic) bond motifs is 1. The van der Waals surface area contributed by atoms with Gasteiger partial charge in [0.15, 0.2) is 0 Å². The average molecular weight is 401 g/mol. The molecule has 1 fully saturated rings. The molecule has 1 heterocycles. The standard InChI is InChI=1S/C15H18.C10H10N2.C3H8/c1-13-9-11-15(12-10-13)8-4-7-14-5-2-3-6-14;11-7-8-5-6-12-10-4-2-1-3-9(8)10;1-3-2/h9-12,14H,2-3,5-7H2,1H3;1-6H,7,11H2;3H2,1-2H3. The Morgan fingerprint density at radius 2 is 1.63 bits per heavy atom. The largest absolute Gasteiger partial charge is 0.326 e. The Morgan fingerprint density at radius 1 is 0.967 bits per heavy atom. The summed E-state index contributed by atoms with van der Waals surface area (Å²) in [5, 5.41) is 1.16. The summed E-state index contributed by atoms with van der Waals surface area (Å²) in [6, 6.07) is 18.5. The van der Waals surface area contributed by atoms with Crippen molar-refractivity contribution < 1.29 is 0 Å². The minimum Gasteiger partial charge on any atom is -0.326 e. The Balaban J connectivity index is 0.000000193. The van der Waals surface area contributed by atoms with Gasteiger partial charge in [-0.05, 0) is 55.5 Å². The highest BCUT2D eigenvalue weighted by Crippen LogP contribution is 2.26. The summed E-state index contributed by atoms with van der Waals surface area (Å²) >= 11 is 0. The number of nitrogens with two attached hydrogens (primary N) is 1. The number of hydrogen-bond donors (Lipinski definition) is 1. The lowest BCUT2D eigenvalue weighted by molar-refractivity contribution is 0.567. The molecule has 0 unspecified atom stereocenters. The number of pyridine rings is 1. The van der Waals surface area contributed by atoms with Crippen LogP contribution < -0.4 is 5.73 Å². The van der Waals surface area contributed by atoms with Gasteiger partial charge >= 0.3 is 0 Å². The van der Waals surface area contributed by atoms with Crippen molar-refractivity contribution in [2.75, 3.05) is 0 Å². The van der Waals surface area contributed by atoms with E-state index in [9.17, 15) is 0 Å². The first kappa shape index (κ1) is 23.6. The first-order valence-corrected chi connectivity index (χ1v) is 11.3. The lowest BCUT2D eigenvalue weighted by atomic mass is 10.0. The van der Waals surface area contributed by atoms with E-state index in [-0.39, 0.29) is 0 Å². The number of nitrogens with zero attached hydrogens (tertiary/aromatic N) is 1. The molecule has 0 atom stereocenters. The molecule has 0 aliphatic heterocycles. The lowest BCUT2D eigenvalue weighted by Crippen LogP contribution is -1.97. The summed E-state index contributed by atoms with van der Waals surface area (Å²) in [6.07, 6.45) is 9.75. The molecule has 158 valence electrons. The first-order valence-electron chi connectivity index (χ1n) is 11.3. The van der Waals surface area contributed by atoms with Crippen molar-refractivity contribution in [3.05, 3.63) is 77.5 Å². The SMILES string of the molecule is CCC.Cc1ccc(C#CCC2CCCC2)cc1.NCc1ccnc2ccccc12. The zero-order chi connectivity index (χ0) is 21.6. The zero-order valence-corrected chi connectivity index (χ0v) is 18.8. The zero-order valence-electron chi connectivity index (χ0n) is 18.8. The Kier molecular flexibility index (Phi) is 10.7. The molecule has 1 aromatic heterocycles. The van der Waals surface area contributed by atoms with Gasteiger partial charge in [-0.1, -0.05) is 80.8 Å². The summed E-state index contributed by atoms with van der Waals surface area (Å²) < 4.78 is 0. The highest BCUT2D eigenvalue weighted by molar-refractivity contribution is 5.81. The van der Waals surface area contributed by atoms with Gasteiger partial charge in [0.25, 0.3) is 0 Å². The van der Waals surface area contributed by atoms with Crippen LogP contribution in [-0.2, 0) is 6.54 Å². The molecule has 4 rings (SSSR count). The molecule has 3 aromatic rings. The van der Waals surface area contributed by atoms with E-state index in [2.05, 4.69) is 61.9 Å². The summed E-state index contributed by atoms with van der Waals surface area (Å²) in [6.45, 7) is 6.93. The van der Waals surface area contributed by atoms with E-state index in [1.165, 1.54) is 37.7 Å². The third-order valence-electron chi connectivity index (χ3n) is 5.11. The van der Waals surface area contributed by atoms with Crippen molar-refractivity contribution >= 4 is 10.9 Å². The van der Waals surface area contributed by atoms with Crippen LogP contribution in [0.5, 0.6) is 0 Å². The van der Waals surface area contributed by atoms with Gasteiger partial charge in [-0.15, -0.1) is 0 Å². The predicted octanol–water partition coefficient (Wildman–Crippen LogP) is 7.04. The second kappa shape index (κ2) is 13.6. The van der Waals surface area contributed by atoms with Gasteiger partial charge in [0.1, 0.15) is 0 Å². The predicted molar refractivity (Wildman–Crippen MR) is 130 cm³/mol. The van der Waals surface area contributed by atoms with E-state index >= 15 is 0 Å². The van der Waals surface area contributed by atoms with Gasteiger partial charge in [-0.2, -0.15) is 0 Å². The van der Waals surface area contributed by atoms with Crippen molar-refractivity contribution in [3.8, 4) is 11.8 Å². The van der Waals surface area contributed by atoms with Crippen molar-refractivity contribution in [1.29, 1.82) is 0 Å². The molecular weight excluding hydrogens is 364 g/mol. The first-order chi connectivity index (χ1) is 14.7. The van der Waals surface area contributed by atoms with E-state index in [4.69, 9.17) is 5.73 Å². The minimum atomic E-state index is 0.572. The molecule has 0 spiro atoms. The van der Waals surface area contributed by atoms with Crippen LogP contribution in [0.25, 0.3) is 10.9 Å². The molecule has 0 amide bonds. The Hall–Kier alpha value is -2.63. The van der Waals surface area contributed by atoms with Gasteiger partial charge in [-0.3, -0.25) is 4.98 Å². The maximum atomic E-state index is 5.59. The van der Waals surface area contributed by atoms with Crippen LogP contribution in [0.15, 0.2) is 60.8 Å². The van der Waals surface area contributed by atoms with Gasteiger partial charge < -0.3 is 5.73 Å². The molecule has 2 N–H and O–H groups in total. The van der Waals surface area contributed by atoms with Crippen LogP contribution in [0.2, 0.25) is 0 Å². The Labute approximate surface area is 182 Å². The molecule has 0 saturated heterocycles. The summed E-state index contributed by atoms with van der Waals surface area (Å²) in [4.78, 5) is 4.23. The van der Waals surface area contributed by atoms with Gasteiger partial charge in [0.05, 0.1) is 5.52 Å². The van der Waals surface area contributed by atoms with Crippen LogP contribution in [-0.4, -0.2) is 4.98 Å². The van der Waals surface area contributed by atoms with E-state index in [1.54, 1.807) is 6.20 Å². The normalized spacial score (nSPS) is 12.8. The molecule has 1 saturated carbocycles. The minimum absolute atomic E-state index is 0.572. The van der Waals surface area contributed by atoms with Crippen LogP contribution in [0, 0.1) is 24.7 Å². The van der Waals surface area contributed by atoms with Crippen molar-refractivity contribution in [2.45, 2.75) is 65.8 Å². The topological polar surface area (TPSA) is 38.9 Å². The van der Waals surface area contributed by atoms with E-state index in [0.717, 1.165) is 34.4 Å². The van der Waals surface area contributed by atoms with Crippen molar-refractivity contribution in [1.82, 2.24) is 4.98 Å². The van der Waals surface area contributed by atoms with E-state index in [0.29, 0.717) is 6.54 Å². The van der Waals surface area contributed by atoms with Gasteiger partial charge in [0, 0.05) is 30.1 Å². The van der Waals surface area contributed by atoms with Crippen LogP contribution in [0.4, 0.5) is 0 Å². The smallest absolute Gasteiger partial charge is 0.0705 e. The second-order valence-electron chi connectivity index (χ2n) is 7.92. The van der Waals surface area contributed by atoms with Crippen LogP contribution in [0.3, 0.4) is 0 Å². The second-order valence-corrected chi connectivity index (χ2v) is 7.92. The average Bonchev–Trinajstić information content (AvgIpc) is 3.29. The molecule has 1 aliphatic carbocycles. The fraction of sp³-hybridized carbons (Fsp3) is 0.393. The highest BCUT2D eigenvalue weighted by Gasteiger charge is 2.12. The fourth-order valence-corrected chi connectivity index (χ4v) is 3.48. The summed E-state index contributed by atoms with van der Waals surface area (Å²) in [5.41, 5.74) is 10.2. The number of benzene rings is 2. The number of aryl methyl sites for hydroxylation is 1.